The molecule has 1 atom stereocenters. The Morgan fingerprint density at radius 2 is 2.33 bits per heavy atom. The van der Waals surface area contributed by atoms with Crippen LogP contribution in [0.5, 0.6) is 0 Å². The minimum atomic E-state index is 0.0119. The molecule has 0 radical (unpaired) electrons. The molecule has 0 aliphatic carbocycles. The van der Waals surface area contributed by atoms with Crippen molar-refractivity contribution in [2.45, 2.75) is 26.3 Å². The fourth-order valence-electron chi connectivity index (χ4n) is 1.65. The number of nitrogens with one attached hydrogen (secondary N) is 1. The Bertz CT molecular complexity index is 514. The maximum atomic E-state index is 12.0. The smallest absolute Gasteiger partial charge is 0.261 e. The molecule has 0 saturated carbocycles. The van der Waals surface area contributed by atoms with Crippen LogP contribution in [0.4, 0.5) is 0 Å². The van der Waals surface area contributed by atoms with Crippen molar-refractivity contribution in [1.29, 1.82) is 0 Å². The predicted molar refractivity (Wildman–Crippen MR) is 81.7 cm³/mol. The van der Waals surface area contributed by atoms with E-state index in [1.807, 2.05) is 26.0 Å². The van der Waals surface area contributed by atoms with Gasteiger partial charge in [0.05, 0.1) is 8.66 Å². The highest BCUT2D eigenvalue weighted by molar-refractivity contribution is 9.11. The summed E-state index contributed by atoms with van der Waals surface area (Å²) in [4.78, 5) is 14.1. The number of thiophene rings is 2. The number of carbonyl (C=O) groups excluding carboxylic acids is 1. The first-order chi connectivity index (χ1) is 8.56. The molecule has 5 heteroatoms. The zero-order chi connectivity index (χ0) is 13.1. The van der Waals surface area contributed by atoms with E-state index in [2.05, 4.69) is 32.7 Å². The number of aryl methyl sites for hydroxylation is 1. The summed E-state index contributed by atoms with van der Waals surface area (Å²) in [6, 6.07) is 6.20. The van der Waals surface area contributed by atoms with Gasteiger partial charge in [-0.1, -0.05) is 6.07 Å². The Morgan fingerprint density at radius 3 is 2.89 bits per heavy atom. The van der Waals surface area contributed by atoms with E-state index in [1.165, 1.54) is 16.2 Å². The van der Waals surface area contributed by atoms with E-state index in [9.17, 15) is 4.79 Å². The standard InChI is InChI=1S/C13H14BrNOS2/c1-8-6-11(18-12(8)14)13(16)15-9(2)7-10-4-3-5-17-10/h3-6,9H,7H2,1-2H3,(H,15,16). The Morgan fingerprint density at radius 1 is 1.56 bits per heavy atom. The molecule has 0 fully saturated rings. The first kappa shape index (κ1) is 13.8. The van der Waals surface area contributed by atoms with Gasteiger partial charge in [0.15, 0.2) is 0 Å². The zero-order valence-electron chi connectivity index (χ0n) is 10.2. The molecule has 2 rings (SSSR count). The highest BCUT2D eigenvalue weighted by Crippen LogP contribution is 2.27. The molecule has 2 nitrogen and oxygen atoms in total. The summed E-state index contributed by atoms with van der Waals surface area (Å²) in [5.74, 6) is 0.0119. The Hall–Kier alpha value is -0.650. The van der Waals surface area contributed by atoms with Crippen molar-refractivity contribution in [2.75, 3.05) is 0 Å². The van der Waals surface area contributed by atoms with Crippen molar-refractivity contribution < 1.29 is 4.79 Å². The SMILES string of the molecule is Cc1cc(C(=O)NC(C)Cc2cccs2)sc1Br. The summed E-state index contributed by atoms with van der Waals surface area (Å²) < 4.78 is 1.03. The van der Waals surface area contributed by atoms with E-state index in [0.29, 0.717) is 0 Å². The lowest BCUT2D eigenvalue weighted by Crippen LogP contribution is -2.33. The first-order valence-electron chi connectivity index (χ1n) is 5.65. The molecule has 0 saturated heterocycles. The highest BCUT2D eigenvalue weighted by atomic mass is 79.9. The van der Waals surface area contributed by atoms with Crippen LogP contribution in [0.2, 0.25) is 0 Å². The summed E-state index contributed by atoms with van der Waals surface area (Å²) in [6.45, 7) is 4.03. The van der Waals surface area contributed by atoms with Crippen LogP contribution in [0.15, 0.2) is 27.4 Å². The van der Waals surface area contributed by atoms with E-state index < -0.39 is 0 Å². The normalized spacial score (nSPS) is 12.4. The Kier molecular flexibility index (Phi) is 4.59. The van der Waals surface area contributed by atoms with Gasteiger partial charge in [0.25, 0.3) is 5.91 Å². The van der Waals surface area contributed by atoms with E-state index in [0.717, 1.165) is 20.6 Å². The molecule has 0 aromatic carbocycles. The first-order valence-corrected chi connectivity index (χ1v) is 8.14. The number of halogens is 1. The minimum Gasteiger partial charge on any atom is -0.349 e. The van der Waals surface area contributed by atoms with Gasteiger partial charge >= 0.3 is 0 Å². The zero-order valence-corrected chi connectivity index (χ0v) is 13.4. The van der Waals surface area contributed by atoms with Crippen LogP contribution in [0.1, 0.15) is 27.0 Å². The van der Waals surface area contributed by atoms with Crippen LogP contribution in [0.3, 0.4) is 0 Å². The van der Waals surface area contributed by atoms with Gasteiger partial charge in [-0.3, -0.25) is 4.79 Å². The summed E-state index contributed by atoms with van der Waals surface area (Å²) in [5.41, 5.74) is 1.11. The van der Waals surface area contributed by atoms with Gasteiger partial charge in [-0.05, 0) is 52.9 Å². The molecular formula is C13H14BrNOS2. The number of amides is 1. The van der Waals surface area contributed by atoms with E-state index >= 15 is 0 Å². The molecule has 0 aliphatic heterocycles. The maximum absolute atomic E-state index is 12.0. The van der Waals surface area contributed by atoms with Crippen molar-refractivity contribution in [3.05, 3.63) is 42.7 Å². The monoisotopic (exact) mass is 343 g/mol. The van der Waals surface area contributed by atoms with Gasteiger partial charge in [-0.2, -0.15) is 0 Å². The second-order valence-corrected chi connectivity index (χ2v) is 7.63. The Labute approximate surface area is 123 Å². The van der Waals surface area contributed by atoms with Crippen molar-refractivity contribution in [2.24, 2.45) is 0 Å². The van der Waals surface area contributed by atoms with Crippen LogP contribution < -0.4 is 5.32 Å². The van der Waals surface area contributed by atoms with Crippen LogP contribution in [0.25, 0.3) is 0 Å². The third kappa shape index (κ3) is 3.43. The van der Waals surface area contributed by atoms with Crippen molar-refractivity contribution >= 4 is 44.5 Å². The maximum Gasteiger partial charge on any atom is 0.261 e. The molecule has 1 amide bonds. The third-order valence-corrected chi connectivity index (χ3v) is 5.58. The average Bonchev–Trinajstić information content (AvgIpc) is 2.90. The van der Waals surface area contributed by atoms with Crippen LogP contribution >= 0.6 is 38.6 Å². The molecule has 2 aromatic rings. The molecule has 2 heterocycles. The van der Waals surface area contributed by atoms with Gasteiger partial charge in [0.2, 0.25) is 0 Å². The fourth-order valence-corrected chi connectivity index (χ4v) is 3.92. The second-order valence-electron chi connectivity index (χ2n) is 4.23. The van der Waals surface area contributed by atoms with E-state index in [-0.39, 0.29) is 11.9 Å². The molecule has 1 N–H and O–H groups in total. The third-order valence-electron chi connectivity index (χ3n) is 2.55. The molecule has 0 bridgehead atoms. The summed E-state index contributed by atoms with van der Waals surface area (Å²) in [6.07, 6.45) is 0.884. The molecule has 96 valence electrons. The lowest BCUT2D eigenvalue weighted by atomic mass is 10.2. The van der Waals surface area contributed by atoms with E-state index in [4.69, 9.17) is 0 Å². The van der Waals surface area contributed by atoms with Gasteiger partial charge in [0.1, 0.15) is 0 Å². The van der Waals surface area contributed by atoms with Gasteiger partial charge in [-0.25, -0.2) is 0 Å². The molecule has 0 spiro atoms. The van der Waals surface area contributed by atoms with Gasteiger partial charge in [0, 0.05) is 17.3 Å². The average molecular weight is 344 g/mol. The largest absolute Gasteiger partial charge is 0.349 e. The van der Waals surface area contributed by atoms with Crippen LogP contribution in [0, 0.1) is 6.92 Å². The molecule has 0 aliphatic rings. The minimum absolute atomic E-state index is 0.0119. The summed E-state index contributed by atoms with van der Waals surface area (Å²) in [7, 11) is 0. The summed E-state index contributed by atoms with van der Waals surface area (Å²) >= 11 is 6.64. The summed E-state index contributed by atoms with van der Waals surface area (Å²) in [5, 5.41) is 5.09. The van der Waals surface area contributed by atoms with Crippen molar-refractivity contribution in [1.82, 2.24) is 5.32 Å². The lowest BCUT2D eigenvalue weighted by Gasteiger charge is -2.11. The quantitative estimate of drug-likeness (QED) is 0.883. The number of carbonyl (C=O) groups is 1. The van der Waals surface area contributed by atoms with Crippen molar-refractivity contribution in [3.8, 4) is 0 Å². The van der Waals surface area contributed by atoms with Gasteiger partial charge < -0.3 is 5.32 Å². The number of hydrogen-bond donors (Lipinski definition) is 1. The highest BCUT2D eigenvalue weighted by Gasteiger charge is 2.14. The van der Waals surface area contributed by atoms with Crippen molar-refractivity contribution in [3.63, 3.8) is 0 Å². The van der Waals surface area contributed by atoms with Gasteiger partial charge in [-0.15, -0.1) is 22.7 Å². The Balaban J connectivity index is 1.94. The molecular weight excluding hydrogens is 330 g/mol. The second kappa shape index (κ2) is 5.99. The van der Waals surface area contributed by atoms with Crippen LogP contribution in [-0.4, -0.2) is 11.9 Å². The molecule has 18 heavy (non-hydrogen) atoms. The topological polar surface area (TPSA) is 29.1 Å². The fraction of sp³-hybridized carbons (Fsp3) is 0.308. The van der Waals surface area contributed by atoms with E-state index in [1.54, 1.807) is 11.3 Å². The molecule has 2 aromatic heterocycles. The van der Waals surface area contributed by atoms with Crippen LogP contribution in [-0.2, 0) is 6.42 Å². The number of hydrogen-bond acceptors (Lipinski definition) is 3. The lowest BCUT2D eigenvalue weighted by molar-refractivity contribution is 0.0944. The predicted octanol–water partition coefficient (Wildman–Crippen LogP) is 4.24. The molecule has 1 unspecified atom stereocenters. The number of rotatable bonds is 4.